The van der Waals surface area contributed by atoms with Crippen molar-refractivity contribution in [3.05, 3.63) is 83.2 Å². The molecule has 9 nitrogen and oxygen atoms in total. The molecule has 0 spiro atoms. The quantitative estimate of drug-likeness (QED) is 0.136. The lowest BCUT2D eigenvalue weighted by atomic mass is 9.55. The van der Waals surface area contributed by atoms with E-state index in [1.807, 2.05) is 61.7 Å². The number of aromatic nitrogens is 1. The molecular formula is C38H48N4O5. The van der Waals surface area contributed by atoms with Gasteiger partial charge in [0.2, 0.25) is 5.91 Å². The van der Waals surface area contributed by atoms with E-state index in [1.165, 1.54) is 12.5 Å². The second-order valence-electron chi connectivity index (χ2n) is 14.0. The van der Waals surface area contributed by atoms with Gasteiger partial charge < -0.3 is 30.4 Å². The highest BCUT2D eigenvalue weighted by Gasteiger charge is 2.50. The molecule has 0 saturated heterocycles. The van der Waals surface area contributed by atoms with Crippen LogP contribution in [0.2, 0.25) is 0 Å². The normalized spacial score (nSPS) is 24.4. The summed E-state index contributed by atoms with van der Waals surface area (Å²) >= 11 is 0. The molecule has 1 unspecified atom stereocenters. The Hall–Kier alpha value is -4.27. The van der Waals surface area contributed by atoms with Crippen LogP contribution in [0.5, 0.6) is 0 Å². The Morgan fingerprint density at radius 2 is 1.60 bits per heavy atom. The van der Waals surface area contributed by atoms with Crippen LogP contribution in [-0.2, 0) is 38.4 Å². The van der Waals surface area contributed by atoms with Crippen molar-refractivity contribution in [2.75, 3.05) is 13.2 Å². The summed E-state index contributed by atoms with van der Waals surface area (Å²) in [7, 11) is 0. The lowest BCUT2D eigenvalue weighted by Gasteiger charge is -2.53. The lowest BCUT2D eigenvalue weighted by molar-refractivity contribution is -0.137. The Kier molecular flexibility index (Phi) is 9.89. The zero-order valence-electron chi connectivity index (χ0n) is 27.8. The van der Waals surface area contributed by atoms with Gasteiger partial charge in [0.25, 0.3) is 0 Å². The number of esters is 1. The molecule has 4 saturated carbocycles. The minimum atomic E-state index is -1.23. The molecule has 4 aliphatic rings. The molecular weight excluding hydrogens is 592 g/mol. The molecule has 0 aliphatic heterocycles. The fraction of sp³-hybridized carbons (Fsp3) is 0.500. The maximum absolute atomic E-state index is 14.0. The molecule has 1 heterocycles. The second kappa shape index (κ2) is 14.2. The van der Waals surface area contributed by atoms with Crippen molar-refractivity contribution in [2.24, 2.45) is 23.7 Å². The van der Waals surface area contributed by atoms with Crippen LogP contribution in [0.1, 0.15) is 69.6 Å². The fourth-order valence-electron chi connectivity index (χ4n) is 8.41. The number of hydrogen-bond donors (Lipinski definition) is 4. The van der Waals surface area contributed by atoms with E-state index in [2.05, 4.69) is 20.9 Å². The van der Waals surface area contributed by atoms with E-state index in [9.17, 15) is 14.4 Å². The van der Waals surface area contributed by atoms with E-state index < -0.39 is 11.6 Å². The number of allylic oxidation sites excluding steroid dienone is 1. The second-order valence-corrected chi connectivity index (χ2v) is 14.0. The highest BCUT2D eigenvalue weighted by molar-refractivity contribution is 5.91. The first kappa shape index (κ1) is 32.7. The molecule has 1 atom stereocenters. The predicted molar refractivity (Wildman–Crippen MR) is 181 cm³/mol. The van der Waals surface area contributed by atoms with Gasteiger partial charge in [0.05, 0.1) is 6.61 Å². The third-order valence-electron chi connectivity index (χ3n) is 10.5. The molecule has 250 valence electrons. The average molecular weight is 641 g/mol. The maximum atomic E-state index is 14.0. The Bertz CT molecular complexity index is 1600. The molecule has 2 amide bonds. The highest BCUT2D eigenvalue weighted by Crippen LogP contribution is 2.54. The molecule has 2 aromatic carbocycles. The number of aromatic amines is 1. The Balaban J connectivity index is 1.12. The van der Waals surface area contributed by atoms with Gasteiger partial charge in [-0.2, -0.15) is 0 Å². The van der Waals surface area contributed by atoms with Crippen molar-refractivity contribution < 1.29 is 23.9 Å². The van der Waals surface area contributed by atoms with Crippen molar-refractivity contribution >= 4 is 28.9 Å². The van der Waals surface area contributed by atoms with E-state index in [0.29, 0.717) is 50.1 Å². The number of nitrogens with one attached hydrogen (secondary N) is 4. The van der Waals surface area contributed by atoms with Crippen molar-refractivity contribution in [3.63, 3.8) is 0 Å². The predicted octanol–water partition coefficient (Wildman–Crippen LogP) is 5.94. The van der Waals surface area contributed by atoms with Crippen LogP contribution in [0.4, 0.5) is 4.79 Å². The number of amides is 2. The van der Waals surface area contributed by atoms with Crippen LogP contribution in [-0.4, -0.2) is 47.7 Å². The number of alkyl carbamates (subject to hydrolysis) is 1. The third-order valence-corrected chi connectivity index (χ3v) is 10.5. The van der Waals surface area contributed by atoms with E-state index in [-0.39, 0.29) is 18.0 Å². The molecule has 0 radical (unpaired) electrons. The van der Waals surface area contributed by atoms with Gasteiger partial charge in [0.15, 0.2) is 0 Å². The largest absolute Gasteiger partial charge is 0.463 e. The van der Waals surface area contributed by atoms with Crippen molar-refractivity contribution in [2.45, 2.75) is 83.9 Å². The zero-order valence-corrected chi connectivity index (χ0v) is 27.8. The molecule has 4 N–H and O–H groups in total. The summed E-state index contributed by atoms with van der Waals surface area (Å²) in [5.74, 6) is 1.80. The number of benzene rings is 2. The summed E-state index contributed by atoms with van der Waals surface area (Å²) in [6.45, 7) is 6.65. The number of para-hydroxylation sites is 1. The number of rotatable bonds is 13. The standard InChI is InChI=1S/C38H48N4O5/c1-4-46-34(43)15-24(2)40-22-28-10-6-5-9-27(28)13-14-39-36(44)38(3,21-31-23-41-33-12-8-7-11-32(31)33)42-37(45)47-35-29-17-25-16-26(19-29)20-30(35)18-25/h5-12,15,23,25-26,29-30,35,40-41H,4,13-14,16-22H2,1-3H3,(H,39,44)(H,42,45)/b24-15-. The van der Waals surface area contributed by atoms with Gasteiger partial charge in [-0.05, 0) is 106 Å². The molecule has 4 bridgehead atoms. The third kappa shape index (κ3) is 7.66. The molecule has 47 heavy (non-hydrogen) atoms. The summed E-state index contributed by atoms with van der Waals surface area (Å²) in [6, 6.07) is 16.0. The van der Waals surface area contributed by atoms with Crippen LogP contribution in [0.15, 0.2) is 66.5 Å². The van der Waals surface area contributed by atoms with E-state index >= 15 is 0 Å². The number of hydrogen-bond acceptors (Lipinski definition) is 6. The van der Waals surface area contributed by atoms with E-state index in [1.54, 1.807) is 13.8 Å². The number of carbonyl (C=O) groups is 3. The number of ether oxygens (including phenoxy) is 2. The minimum absolute atomic E-state index is 0.0657. The Morgan fingerprint density at radius 1 is 0.915 bits per heavy atom. The van der Waals surface area contributed by atoms with Gasteiger partial charge in [0, 0.05) is 48.4 Å². The molecule has 4 fully saturated rings. The van der Waals surface area contributed by atoms with Gasteiger partial charge in [0.1, 0.15) is 11.6 Å². The molecule has 4 aliphatic carbocycles. The maximum Gasteiger partial charge on any atom is 0.408 e. The first-order valence-corrected chi connectivity index (χ1v) is 17.2. The fourth-order valence-corrected chi connectivity index (χ4v) is 8.41. The molecule has 9 heteroatoms. The molecule has 3 aromatic rings. The van der Waals surface area contributed by atoms with Crippen LogP contribution in [0, 0.1) is 23.7 Å². The number of carbonyl (C=O) groups excluding carboxylic acids is 3. The monoisotopic (exact) mass is 640 g/mol. The van der Waals surface area contributed by atoms with Gasteiger partial charge in [-0.25, -0.2) is 9.59 Å². The summed E-state index contributed by atoms with van der Waals surface area (Å²) in [5.41, 5.74) is 3.57. The van der Waals surface area contributed by atoms with Crippen molar-refractivity contribution in [1.82, 2.24) is 20.9 Å². The van der Waals surface area contributed by atoms with Gasteiger partial charge in [-0.15, -0.1) is 0 Å². The SMILES string of the molecule is CCOC(=O)/C=C(/C)NCc1ccccc1CCNC(=O)C(C)(Cc1c[nH]c2ccccc12)NC(=O)OC1C2CC3CC(C2)CC1C3. The topological polar surface area (TPSA) is 122 Å². The summed E-state index contributed by atoms with van der Waals surface area (Å²) in [5, 5.41) is 10.4. The Morgan fingerprint density at radius 3 is 2.32 bits per heavy atom. The summed E-state index contributed by atoms with van der Waals surface area (Å²) in [4.78, 5) is 42.6. The summed E-state index contributed by atoms with van der Waals surface area (Å²) < 4.78 is 11.2. The smallest absolute Gasteiger partial charge is 0.408 e. The average Bonchev–Trinajstić information content (AvgIpc) is 3.44. The molecule has 7 rings (SSSR count). The van der Waals surface area contributed by atoms with Crippen LogP contribution < -0.4 is 16.0 Å². The zero-order chi connectivity index (χ0) is 33.0. The Labute approximate surface area is 277 Å². The van der Waals surface area contributed by atoms with Crippen molar-refractivity contribution in [3.8, 4) is 0 Å². The summed E-state index contributed by atoms with van der Waals surface area (Å²) in [6.07, 6.45) is 9.63. The van der Waals surface area contributed by atoms with E-state index in [4.69, 9.17) is 9.47 Å². The first-order valence-electron chi connectivity index (χ1n) is 17.2. The van der Waals surface area contributed by atoms with Crippen molar-refractivity contribution in [1.29, 1.82) is 0 Å². The van der Waals surface area contributed by atoms with E-state index in [0.717, 1.165) is 65.1 Å². The first-order chi connectivity index (χ1) is 22.7. The number of fused-ring (bicyclic) bond motifs is 1. The number of H-pyrrole nitrogens is 1. The highest BCUT2D eigenvalue weighted by atomic mass is 16.6. The van der Waals surface area contributed by atoms with Gasteiger partial charge in [-0.3, -0.25) is 4.79 Å². The lowest BCUT2D eigenvalue weighted by Crippen LogP contribution is -2.60. The molecule has 1 aromatic heterocycles. The van der Waals surface area contributed by atoms with Gasteiger partial charge in [-0.1, -0.05) is 42.5 Å². The van der Waals surface area contributed by atoms with Crippen LogP contribution in [0.25, 0.3) is 10.9 Å². The van der Waals surface area contributed by atoms with Crippen LogP contribution >= 0.6 is 0 Å². The minimum Gasteiger partial charge on any atom is -0.463 e. The van der Waals surface area contributed by atoms with Crippen LogP contribution in [0.3, 0.4) is 0 Å². The van der Waals surface area contributed by atoms with Gasteiger partial charge >= 0.3 is 12.1 Å².